The number of hydrogen-bond acceptors (Lipinski definition) is 5. The van der Waals surface area contributed by atoms with E-state index in [0.717, 1.165) is 6.07 Å². The molecule has 0 radical (unpaired) electrons. The summed E-state index contributed by atoms with van der Waals surface area (Å²) >= 11 is 0. The van der Waals surface area contributed by atoms with E-state index in [1.54, 1.807) is 18.2 Å². The zero-order chi connectivity index (χ0) is 14.7. The number of methoxy groups -OCH3 is 1. The van der Waals surface area contributed by atoms with E-state index >= 15 is 0 Å². The molecule has 0 saturated carbocycles. The van der Waals surface area contributed by atoms with Gasteiger partial charge >= 0.3 is 5.97 Å². The number of nitro groups is 1. The van der Waals surface area contributed by atoms with Crippen LogP contribution in [0.3, 0.4) is 0 Å². The summed E-state index contributed by atoms with van der Waals surface area (Å²) in [5, 5.41) is 19.8. The highest BCUT2D eigenvalue weighted by molar-refractivity contribution is 5.86. The van der Waals surface area contributed by atoms with Crippen LogP contribution in [0.15, 0.2) is 30.5 Å². The van der Waals surface area contributed by atoms with Crippen molar-refractivity contribution in [2.45, 2.75) is 6.54 Å². The van der Waals surface area contributed by atoms with Crippen molar-refractivity contribution >= 4 is 11.7 Å². The zero-order valence-electron chi connectivity index (χ0n) is 10.5. The van der Waals surface area contributed by atoms with Crippen molar-refractivity contribution in [1.29, 1.82) is 0 Å². The van der Waals surface area contributed by atoms with Gasteiger partial charge in [-0.15, -0.1) is 0 Å². The fourth-order valence-electron chi connectivity index (χ4n) is 1.74. The highest BCUT2D eigenvalue weighted by Crippen LogP contribution is 2.18. The van der Waals surface area contributed by atoms with Gasteiger partial charge in [0, 0.05) is 12.1 Å². The van der Waals surface area contributed by atoms with Gasteiger partial charge in [0.05, 0.1) is 30.5 Å². The molecule has 0 aromatic carbocycles. The van der Waals surface area contributed by atoms with Gasteiger partial charge in [0.1, 0.15) is 5.69 Å². The Hall–Kier alpha value is -2.90. The van der Waals surface area contributed by atoms with Gasteiger partial charge in [-0.25, -0.2) is 9.78 Å². The summed E-state index contributed by atoms with van der Waals surface area (Å²) in [6, 6.07) is 6.06. The fraction of sp³-hybridized carbons (Fsp3) is 0.167. The molecule has 0 aliphatic rings. The standard InChI is InChI=1S/C12H11N3O5/c1-20-11-4-2-3-8(13-11)6-14-7-9(15(18)19)5-10(14)12(16)17/h2-5,7H,6H2,1H3,(H,16,17). The minimum atomic E-state index is -1.24. The fourth-order valence-corrected chi connectivity index (χ4v) is 1.74. The van der Waals surface area contributed by atoms with Crippen LogP contribution in [0.2, 0.25) is 0 Å². The summed E-state index contributed by atoms with van der Waals surface area (Å²) in [5.41, 5.74) is 0.101. The summed E-state index contributed by atoms with van der Waals surface area (Å²) in [6.45, 7) is 0.104. The van der Waals surface area contributed by atoms with E-state index in [-0.39, 0.29) is 17.9 Å². The van der Waals surface area contributed by atoms with E-state index < -0.39 is 10.9 Å². The maximum absolute atomic E-state index is 11.1. The molecule has 104 valence electrons. The van der Waals surface area contributed by atoms with Gasteiger partial charge in [0.15, 0.2) is 0 Å². The summed E-state index contributed by atoms with van der Waals surface area (Å²) in [5.74, 6) is -0.845. The molecule has 0 aliphatic carbocycles. The number of nitrogens with zero attached hydrogens (tertiary/aromatic N) is 3. The lowest BCUT2D eigenvalue weighted by Gasteiger charge is -2.06. The van der Waals surface area contributed by atoms with Crippen molar-refractivity contribution < 1.29 is 19.6 Å². The summed E-state index contributed by atoms with van der Waals surface area (Å²) in [4.78, 5) is 25.3. The first-order valence-corrected chi connectivity index (χ1v) is 5.59. The van der Waals surface area contributed by atoms with Gasteiger partial charge < -0.3 is 14.4 Å². The number of pyridine rings is 1. The molecule has 8 heteroatoms. The quantitative estimate of drug-likeness (QED) is 0.656. The number of aromatic carboxylic acids is 1. The number of ether oxygens (including phenoxy) is 1. The van der Waals surface area contributed by atoms with Gasteiger partial charge in [-0.1, -0.05) is 6.07 Å². The molecule has 0 aliphatic heterocycles. The third-order valence-corrected chi connectivity index (χ3v) is 2.63. The number of aromatic nitrogens is 2. The molecule has 1 N–H and O–H groups in total. The second-order valence-corrected chi connectivity index (χ2v) is 3.94. The summed E-state index contributed by atoms with van der Waals surface area (Å²) in [6.07, 6.45) is 1.17. The van der Waals surface area contributed by atoms with Gasteiger partial charge in [-0.3, -0.25) is 10.1 Å². The third-order valence-electron chi connectivity index (χ3n) is 2.63. The van der Waals surface area contributed by atoms with Crippen LogP contribution in [0.4, 0.5) is 5.69 Å². The van der Waals surface area contributed by atoms with Crippen molar-refractivity contribution in [2.24, 2.45) is 0 Å². The summed E-state index contributed by atoms with van der Waals surface area (Å²) < 4.78 is 6.23. The zero-order valence-corrected chi connectivity index (χ0v) is 10.5. The lowest BCUT2D eigenvalue weighted by Crippen LogP contribution is -2.09. The van der Waals surface area contributed by atoms with E-state index in [9.17, 15) is 14.9 Å². The minimum Gasteiger partial charge on any atom is -0.481 e. The van der Waals surface area contributed by atoms with Gasteiger partial charge in [-0.05, 0) is 6.07 Å². The SMILES string of the molecule is COc1cccc(Cn2cc([N+](=O)[O-])cc2C(=O)O)n1. The van der Waals surface area contributed by atoms with E-state index in [0.29, 0.717) is 11.6 Å². The Morgan fingerprint density at radius 2 is 2.30 bits per heavy atom. The van der Waals surface area contributed by atoms with Crippen molar-refractivity contribution in [2.75, 3.05) is 7.11 Å². The average Bonchev–Trinajstić information content (AvgIpc) is 2.83. The largest absolute Gasteiger partial charge is 0.481 e. The Morgan fingerprint density at radius 1 is 1.55 bits per heavy atom. The Labute approximate surface area is 113 Å². The smallest absolute Gasteiger partial charge is 0.352 e. The first-order valence-electron chi connectivity index (χ1n) is 5.59. The van der Waals surface area contributed by atoms with E-state index in [2.05, 4.69) is 4.98 Å². The van der Waals surface area contributed by atoms with Crippen molar-refractivity contribution in [1.82, 2.24) is 9.55 Å². The molecule has 0 unspecified atom stereocenters. The number of carboxylic acid groups (broad SMARTS) is 1. The Morgan fingerprint density at radius 3 is 2.90 bits per heavy atom. The molecular formula is C12H11N3O5. The molecular weight excluding hydrogens is 266 g/mol. The van der Waals surface area contributed by atoms with Crippen LogP contribution in [-0.2, 0) is 6.54 Å². The van der Waals surface area contributed by atoms with Crippen LogP contribution >= 0.6 is 0 Å². The van der Waals surface area contributed by atoms with Crippen LogP contribution in [0.5, 0.6) is 5.88 Å². The minimum absolute atomic E-state index is 0.104. The predicted octanol–water partition coefficient (Wildman–Crippen LogP) is 1.55. The number of hydrogen-bond donors (Lipinski definition) is 1. The molecule has 8 nitrogen and oxygen atoms in total. The monoisotopic (exact) mass is 277 g/mol. The second kappa shape index (κ2) is 5.39. The summed E-state index contributed by atoms with van der Waals surface area (Å²) in [7, 11) is 1.47. The van der Waals surface area contributed by atoms with Crippen molar-refractivity contribution in [3.05, 3.63) is 52.0 Å². The van der Waals surface area contributed by atoms with Gasteiger partial charge in [0.25, 0.3) is 5.69 Å². The first-order chi connectivity index (χ1) is 9.51. The third kappa shape index (κ3) is 2.74. The first kappa shape index (κ1) is 13.5. The molecule has 0 fully saturated rings. The lowest BCUT2D eigenvalue weighted by molar-refractivity contribution is -0.384. The van der Waals surface area contributed by atoms with Crippen LogP contribution in [0.1, 0.15) is 16.2 Å². The van der Waals surface area contributed by atoms with Crippen LogP contribution in [-0.4, -0.2) is 32.7 Å². The highest BCUT2D eigenvalue weighted by atomic mass is 16.6. The number of carbonyl (C=O) groups is 1. The lowest BCUT2D eigenvalue weighted by atomic mass is 10.3. The second-order valence-electron chi connectivity index (χ2n) is 3.94. The Balaban J connectivity index is 2.36. The van der Waals surface area contributed by atoms with Gasteiger partial charge in [-0.2, -0.15) is 0 Å². The van der Waals surface area contributed by atoms with Crippen LogP contribution < -0.4 is 4.74 Å². The molecule has 0 spiro atoms. The highest BCUT2D eigenvalue weighted by Gasteiger charge is 2.19. The molecule has 2 heterocycles. The maximum atomic E-state index is 11.1. The normalized spacial score (nSPS) is 10.2. The topological polar surface area (TPSA) is 107 Å². The van der Waals surface area contributed by atoms with E-state index in [1.807, 2.05) is 0 Å². The number of carboxylic acids is 1. The van der Waals surface area contributed by atoms with Crippen LogP contribution in [0.25, 0.3) is 0 Å². The average molecular weight is 277 g/mol. The van der Waals surface area contributed by atoms with E-state index in [1.165, 1.54) is 17.9 Å². The molecule has 0 bridgehead atoms. The van der Waals surface area contributed by atoms with Crippen LogP contribution in [0, 0.1) is 10.1 Å². The molecule has 0 amide bonds. The molecule has 0 saturated heterocycles. The Bertz CT molecular complexity index is 665. The molecule has 2 rings (SSSR count). The predicted molar refractivity (Wildman–Crippen MR) is 67.9 cm³/mol. The van der Waals surface area contributed by atoms with E-state index in [4.69, 9.17) is 9.84 Å². The van der Waals surface area contributed by atoms with Crippen molar-refractivity contribution in [3.63, 3.8) is 0 Å². The molecule has 20 heavy (non-hydrogen) atoms. The number of rotatable bonds is 5. The molecule has 0 atom stereocenters. The molecule has 2 aromatic rings. The maximum Gasteiger partial charge on any atom is 0.352 e. The van der Waals surface area contributed by atoms with Crippen molar-refractivity contribution in [3.8, 4) is 5.88 Å². The molecule has 2 aromatic heterocycles. The van der Waals surface area contributed by atoms with Gasteiger partial charge in [0.2, 0.25) is 5.88 Å². The Kier molecular flexibility index (Phi) is 3.65.